The molecule has 0 aromatic carbocycles. The Bertz CT molecular complexity index is 274. The molecule has 0 rings (SSSR count). The summed E-state index contributed by atoms with van der Waals surface area (Å²) in [6, 6.07) is 1.77. The molecule has 0 unspecified atom stereocenters. The lowest BCUT2D eigenvalue weighted by atomic mass is 10.1. The topological polar surface area (TPSA) is 78.9 Å². The highest BCUT2D eigenvalue weighted by Crippen LogP contribution is 2.03. The Morgan fingerprint density at radius 3 is 2.15 bits per heavy atom. The lowest BCUT2D eigenvalue weighted by Gasteiger charge is -2.20. The fourth-order valence-corrected chi connectivity index (χ4v) is 0.721. The quantitative estimate of drug-likeness (QED) is 0.460. The Morgan fingerprint density at radius 1 is 1.46 bits per heavy atom. The second-order valence-electron chi connectivity index (χ2n) is 3.87. The van der Waals surface area contributed by atoms with Gasteiger partial charge in [-0.3, -0.25) is 4.79 Å². The van der Waals surface area contributed by atoms with Crippen LogP contribution in [-0.2, 0) is 4.79 Å². The highest BCUT2D eigenvalue weighted by atomic mass is 16.1. The summed E-state index contributed by atoms with van der Waals surface area (Å²) in [5.74, 6) is -0.421. The van der Waals surface area contributed by atoms with Gasteiger partial charge in [-0.25, -0.2) is 0 Å². The first-order chi connectivity index (χ1) is 5.78. The van der Waals surface area contributed by atoms with Gasteiger partial charge in [-0.1, -0.05) is 0 Å². The molecular formula is C9H15N3O. The molecule has 1 amide bonds. The Balaban J connectivity index is 4.65. The van der Waals surface area contributed by atoms with E-state index in [4.69, 9.17) is 11.0 Å². The van der Waals surface area contributed by atoms with Gasteiger partial charge in [-0.15, -0.1) is 0 Å². The molecule has 0 saturated carbocycles. The molecule has 0 aromatic rings. The van der Waals surface area contributed by atoms with Crippen LogP contribution in [0.25, 0.3) is 0 Å². The molecule has 3 N–H and O–H groups in total. The molecule has 72 valence electrons. The van der Waals surface area contributed by atoms with Gasteiger partial charge in [0.2, 0.25) is 0 Å². The van der Waals surface area contributed by atoms with Crippen LogP contribution >= 0.6 is 0 Å². The summed E-state index contributed by atoms with van der Waals surface area (Å²) < 4.78 is 0. The molecule has 0 aliphatic heterocycles. The third kappa shape index (κ3) is 4.16. The minimum atomic E-state index is -0.421. The summed E-state index contributed by atoms with van der Waals surface area (Å²) in [5.41, 5.74) is 5.23. The number of carbonyl (C=O) groups is 1. The van der Waals surface area contributed by atoms with E-state index in [1.807, 2.05) is 20.8 Å². The minimum Gasteiger partial charge on any atom is -0.401 e. The van der Waals surface area contributed by atoms with Crippen LogP contribution in [-0.4, -0.2) is 11.4 Å². The average Bonchev–Trinajstić information content (AvgIpc) is 1.82. The predicted molar refractivity (Wildman–Crippen MR) is 50.4 cm³/mol. The normalized spacial score (nSPS) is 12.8. The molecule has 0 bridgehead atoms. The molecule has 0 radical (unpaired) electrons. The number of rotatable bonds is 1. The van der Waals surface area contributed by atoms with E-state index in [1.54, 1.807) is 6.07 Å². The van der Waals surface area contributed by atoms with Crippen molar-refractivity contribution in [2.45, 2.75) is 33.2 Å². The van der Waals surface area contributed by atoms with Gasteiger partial charge in [0.25, 0.3) is 5.91 Å². The van der Waals surface area contributed by atoms with Crippen molar-refractivity contribution in [2.75, 3.05) is 0 Å². The fourth-order valence-electron chi connectivity index (χ4n) is 0.721. The first-order valence-corrected chi connectivity index (χ1v) is 3.97. The number of carbonyl (C=O) groups excluding carboxylic acids is 1. The van der Waals surface area contributed by atoms with Gasteiger partial charge in [0.15, 0.2) is 0 Å². The van der Waals surface area contributed by atoms with Crippen LogP contribution in [0.5, 0.6) is 0 Å². The fraction of sp³-hybridized carbons (Fsp3) is 0.556. The summed E-state index contributed by atoms with van der Waals surface area (Å²) in [6.45, 7) is 7.05. The maximum atomic E-state index is 11.4. The zero-order valence-electron chi connectivity index (χ0n) is 8.43. The maximum absolute atomic E-state index is 11.4. The summed E-state index contributed by atoms with van der Waals surface area (Å²) in [7, 11) is 0. The van der Waals surface area contributed by atoms with Gasteiger partial charge in [0.1, 0.15) is 11.6 Å². The lowest BCUT2D eigenvalue weighted by molar-refractivity contribution is -0.118. The third-order valence-corrected chi connectivity index (χ3v) is 1.22. The number of nitrogens with two attached hydrogens (primary N) is 1. The van der Waals surface area contributed by atoms with Crippen molar-refractivity contribution in [3.05, 3.63) is 11.3 Å². The van der Waals surface area contributed by atoms with Crippen molar-refractivity contribution in [3.63, 3.8) is 0 Å². The van der Waals surface area contributed by atoms with Crippen molar-refractivity contribution >= 4 is 5.91 Å². The molecule has 0 aliphatic rings. The molecule has 0 heterocycles. The number of hydrogen-bond acceptors (Lipinski definition) is 3. The number of nitrogens with zero attached hydrogens (tertiary/aromatic N) is 1. The van der Waals surface area contributed by atoms with Crippen molar-refractivity contribution in [1.29, 1.82) is 5.26 Å². The second kappa shape index (κ2) is 3.94. The Kier molecular flexibility index (Phi) is 3.49. The molecule has 0 fully saturated rings. The van der Waals surface area contributed by atoms with Crippen molar-refractivity contribution in [1.82, 2.24) is 5.32 Å². The molecule has 4 heteroatoms. The molecule has 0 aliphatic carbocycles. The number of amides is 1. The first kappa shape index (κ1) is 11.5. The van der Waals surface area contributed by atoms with Gasteiger partial charge in [0, 0.05) is 11.2 Å². The van der Waals surface area contributed by atoms with Crippen molar-refractivity contribution in [2.24, 2.45) is 5.73 Å². The Labute approximate surface area is 78.4 Å². The zero-order valence-corrected chi connectivity index (χ0v) is 8.43. The van der Waals surface area contributed by atoms with E-state index < -0.39 is 5.91 Å². The van der Waals surface area contributed by atoms with Gasteiger partial charge in [-0.2, -0.15) is 5.26 Å². The van der Waals surface area contributed by atoms with Gasteiger partial charge < -0.3 is 11.1 Å². The smallest absolute Gasteiger partial charge is 0.264 e. The van der Waals surface area contributed by atoms with Crippen LogP contribution in [0.3, 0.4) is 0 Å². The molecular weight excluding hydrogens is 166 g/mol. The number of nitrogens with one attached hydrogen (secondary N) is 1. The molecule has 0 saturated heterocycles. The largest absolute Gasteiger partial charge is 0.401 e. The molecule has 0 aromatic heterocycles. The van der Waals surface area contributed by atoms with Crippen LogP contribution in [0, 0.1) is 11.3 Å². The summed E-state index contributed by atoms with van der Waals surface area (Å²) in [4.78, 5) is 11.4. The maximum Gasteiger partial charge on any atom is 0.264 e. The third-order valence-electron chi connectivity index (χ3n) is 1.22. The Morgan fingerprint density at radius 2 is 1.92 bits per heavy atom. The van der Waals surface area contributed by atoms with E-state index in [2.05, 4.69) is 5.32 Å². The highest BCUT2D eigenvalue weighted by molar-refractivity contribution is 5.98. The predicted octanol–water partition coefficient (Wildman–Crippen LogP) is 0.657. The van der Waals surface area contributed by atoms with Crippen LogP contribution in [0.1, 0.15) is 27.7 Å². The standard InChI is InChI=1S/C9H15N3O/c1-6(11)7(5-10)8(13)12-9(2,3)4/h11H2,1-4H3,(H,12,13)/b7-6-. The number of allylic oxidation sites excluding steroid dienone is 1. The highest BCUT2D eigenvalue weighted by Gasteiger charge is 2.18. The second-order valence-corrected chi connectivity index (χ2v) is 3.87. The molecule has 0 atom stereocenters. The summed E-state index contributed by atoms with van der Waals surface area (Å²) in [5, 5.41) is 11.3. The minimum absolute atomic E-state index is 0.0186. The van der Waals surface area contributed by atoms with Crippen LogP contribution < -0.4 is 11.1 Å². The SMILES string of the molecule is C/C(N)=C(\C#N)C(=O)NC(C)(C)C. The number of nitriles is 1. The van der Waals surface area contributed by atoms with E-state index in [9.17, 15) is 4.79 Å². The molecule has 4 nitrogen and oxygen atoms in total. The lowest BCUT2D eigenvalue weighted by Crippen LogP contribution is -2.41. The van der Waals surface area contributed by atoms with E-state index >= 15 is 0 Å². The molecule has 13 heavy (non-hydrogen) atoms. The van der Waals surface area contributed by atoms with E-state index in [0.717, 1.165) is 0 Å². The van der Waals surface area contributed by atoms with E-state index in [0.29, 0.717) is 0 Å². The van der Waals surface area contributed by atoms with Crippen LogP contribution in [0.2, 0.25) is 0 Å². The first-order valence-electron chi connectivity index (χ1n) is 3.97. The summed E-state index contributed by atoms with van der Waals surface area (Å²) in [6.07, 6.45) is 0. The van der Waals surface area contributed by atoms with Gasteiger partial charge >= 0.3 is 0 Å². The summed E-state index contributed by atoms with van der Waals surface area (Å²) >= 11 is 0. The Hall–Kier alpha value is -1.50. The van der Waals surface area contributed by atoms with E-state index in [-0.39, 0.29) is 16.8 Å². The monoisotopic (exact) mass is 181 g/mol. The van der Waals surface area contributed by atoms with Gasteiger partial charge in [0.05, 0.1) is 0 Å². The average molecular weight is 181 g/mol. The van der Waals surface area contributed by atoms with Gasteiger partial charge in [-0.05, 0) is 27.7 Å². The zero-order chi connectivity index (χ0) is 10.6. The number of hydrogen-bond donors (Lipinski definition) is 2. The van der Waals surface area contributed by atoms with Crippen LogP contribution in [0.4, 0.5) is 0 Å². The van der Waals surface area contributed by atoms with Crippen molar-refractivity contribution in [3.8, 4) is 6.07 Å². The van der Waals surface area contributed by atoms with E-state index in [1.165, 1.54) is 6.92 Å². The molecule has 0 spiro atoms. The van der Waals surface area contributed by atoms with Crippen LogP contribution in [0.15, 0.2) is 11.3 Å². The van der Waals surface area contributed by atoms with Crippen molar-refractivity contribution < 1.29 is 4.79 Å².